The topological polar surface area (TPSA) is 35.8 Å². The number of nitriles is 1. The van der Waals surface area contributed by atoms with E-state index in [0.29, 0.717) is 11.6 Å². The predicted molar refractivity (Wildman–Crippen MR) is 73.9 cm³/mol. The Kier molecular flexibility index (Phi) is 4.06. The van der Waals surface area contributed by atoms with Gasteiger partial charge in [-0.15, -0.1) is 0 Å². The number of halogens is 1. The Hall–Kier alpha value is -1.01. The van der Waals surface area contributed by atoms with Crippen LogP contribution in [0, 0.1) is 17.2 Å². The van der Waals surface area contributed by atoms with Crippen LogP contribution in [0.3, 0.4) is 0 Å². The summed E-state index contributed by atoms with van der Waals surface area (Å²) >= 11 is 3.42. The average molecular weight is 293 g/mol. The van der Waals surface area contributed by atoms with Gasteiger partial charge in [-0.3, -0.25) is 0 Å². The van der Waals surface area contributed by atoms with Gasteiger partial charge in [-0.1, -0.05) is 25.8 Å². The lowest BCUT2D eigenvalue weighted by molar-refractivity contribution is 0.358. The van der Waals surface area contributed by atoms with Crippen LogP contribution in [0.15, 0.2) is 22.7 Å². The van der Waals surface area contributed by atoms with E-state index in [1.807, 2.05) is 18.2 Å². The molecular formula is C14H17BrN2. The third-order valence-corrected chi connectivity index (χ3v) is 4.08. The fourth-order valence-corrected chi connectivity index (χ4v) is 3.00. The van der Waals surface area contributed by atoms with Gasteiger partial charge in [-0.25, -0.2) is 0 Å². The van der Waals surface area contributed by atoms with Gasteiger partial charge in [-0.2, -0.15) is 5.26 Å². The van der Waals surface area contributed by atoms with Gasteiger partial charge in [0.25, 0.3) is 0 Å². The van der Waals surface area contributed by atoms with Gasteiger partial charge < -0.3 is 5.32 Å². The maximum absolute atomic E-state index is 9.16. The summed E-state index contributed by atoms with van der Waals surface area (Å²) in [5, 5.41) is 12.7. The lowest BCUT2D eigenvalue weighted by Gasteiger charge is -2.28. The lowest BCUT2D eigenvalue weighted by Crippen LogP contribution is -2.26. The molecule has 90 valence electrons. The Labute approximate surface area is 111 Å². The number of hydrogen-bond acceptors (Lipinski definition) is 2. The molecule has 1 N–H and O–H groups in total. The minimum Gasteiger partial charge on any atom is -0.381 e. The second kappa shape index (κ2) is 5.55. The second-order valence-electron chi connectivity index (χ2n) is 4.89. The zero-order valence-corrected chi connectivity index (χ0v) is 11.6. The van der Waals surface area contributed by atoms with Crippen molar-refractivity contribution in [2.24, 2.45) is 5.92 Å². The van der Waals surface area contributed by atoms with Crippen LogP contribution in [0.1, 0.15) is 38.2 Å². The molecule has 2 nitrogen and oxygen atoms in total. The number of anilines is 1. The summed E-state index contributed by atoms with van der Waals surface area (Å²) in [6, 6.07) is 8.64. The van der Waals surface area contributed by atoms with Crippen LogP contribution < -0.4 is 5.32 Å². The molecule has 0 aliphatic heterocycles. The van der Waals surface area contributed by atoms with Crippen molar-refractivity contribution in [1.82, 2.24) is 0 Å². The van der Waals surface area contributed by atoms with E-state index in [1.165, 1.54) is 25.7 Å². The molecule has 1 aliphatic rings. The summed E-state index contributed by atoms with van der Waals surface area (Å²) in [6.45, 7) is 2.31. The quantitative estimate of drug-likeness (QED) is 0.882. The highest BCUT2D eigenvalue weighted by molar-refractivity contribution is 9.10. The third-order valence-electron chi connectivity index (χ3n) is 3.42. The van der Waals surface area contributed by atoms with Crippen molar-refractivity contribution in [2.45, 2.75) is 38.6 Å². The minimum absolute atomic E-state index is 0.514. The van der Waals surface area contributed by atoms with Gasteiger partial charge in [0.2, 0.25) is 0 Å². The molecule has 1 aromatic rings. The molecular weight excluding hydrogens is 276 g/mol. The highest BCUT2D eigenvalue weighted by atomic mass is 79.9. The van der Waals surface area contributed by atoms with Gasteiger partial charge in [0.05, 0.1) is 11.3 Å². The van der Waals surface area contributed by atoms with E-state index in [2.05, 4.69) is 34.2 Å². The molecule has 1 fully saturated rings. The molecule has 0 heterocycles. The monoisotopic (exact) mass is 292 g/mol. The molecule has 2 unspecified atom stereocenters. The van der Waals surface area contributed by atoms with Crippen LogP contribution in [0.4, 0.5) is 5.69 Å². The summed E-state index contributed by atoms with van der Waals surface area (Å²) < 4.78 is 0.869. The summed E-state index contributed by atoms with van der Waals surface area (Å²) in [4.78, 5) is 0. The van der Waals surface area contributed by atoms with E-state index in [0.717, 1.165) is 16.1 Å². The highest BCUT2D eigenvalue weighted by Gasteiger charge is 2.19. The molecule has 2 rings (SSSR count). The van der Waals surface area contributed by atoms with Gasteiger partial charge in [0.15, 0.2) is 0 Å². The molecule has 17 heavy (non-hydrogen) atoms. The van der Waals surface area contributed by atoms with Gasteiger partial charge in [-0.05, 0) is 46.8 Å². The molecule has 0 bridgehead atoms. The normalized spacial score (nSPS) is 24.1. The smallest absolute Gasteiger partial charge is 0.103 e. The second-order valence-corrected chi connectivity index (χ2v) is 5.74. The average Bonchev–Trinajstić information content (AvgIpc) is 2.29. The van der Waals surface area contributed by atoms with Gasteiger partial charge in [0.1, 0.15) is 6.07 Å². The summed E-state index contributed by atoms with van der Waals surface area (Å²) in [5.41, 5.74) is 1.67. The van der Waals surface area contributed by atoms with Gasteiger partial charge >= 0.3 is 0 Å². The van der Waals surface area contributed by atoms with Crippen LogP contribution in [0.5, 0.6) is 0 Å². The summed E-state index contributed by atoms with van der Waals surface area (Å²) in [6.07, 6.45) is 5.04. The van der Waals surface area contributed by atoms with E-state index in [1.54, 1.807) is 0 Å². The van der Waals surface area contributed by atoms with Crippen molar-refractivity contribution in [1.29, 1.82) is 5.26 Å². The predicted octanol–water partition coefficient (Wildman–Crippen LogP) is 4.31. The van der Waals surface area contributed by atoms with Crippen molar-refractivity contribution in [3.05, 3.63) is 28.2 Å². The van der Waals surface area contributed by atoms with E-state index < -0.39 is 0 Å². The fraction of sp³-hybridized carbons (Fsp3) is 0.500. The standard InChI is InChI=1S/C14H17BrN2/c1-10-4-2-5-11(8-10)17-14-7-3-6-13(15)12(14)9-16/h3,6-7,10-11,17H,2,4-5,8H2,1H3. The molecule has 1 saturated carbocycles. The Bertz CT molecular complexity index is 436. The SMILES string of the molecule is CC1CCCC(Nc2cccc(Br)c2C#N)C1. The molecule has 2 atom stereocenters. The minimum atomic E-state index is 0.514. The van der Waals surface area contributed by atoms with Crippen LogP contribution >= 0.6 is 15.9 Å². The van der Waals surface area contributed by atoms with E-state index in [4.69, 9.17) is 5.26 Å². The molecule has 0 saturated heterocycles. The maximum Gasteiger partial charge on any atom is 0.103 e. The van der Waals surface area contributed by atoms with Crippen molar-refractivity contribution >= 4 is 21.6 Å². The van der Waals surface area contributed by atoms with Crippen LogP contribution in [0.2, 0.25) is 0 Å². The van der Waals surface area contributed by atoms with E-state index in [-0.39, 0.29) is 0 Å². The largest absolute Gasteiger partial charge is 0.381 e. The molecule has 3 heteroatoms. The van der Waals surface area contributed by atoms with Crippen LogP contribution in [-0.4, -0.2) is 6.04 Å². The number of benzene rings is 1. The van der Waals surface area contributed by atoms with Crippen molar-refractivity contribution in [3.8, 4) is 6.07 Å². The first-order valence-electron chi connectivity index (χ1n) is 6.16. The first kappa shape index (κ1) is 12.4. The zero-order valence-electron chi connectivity index (χ0n) is 10.0. The summed E-state index contributed by atoms with van der Waals surface area (Å²) in [5.74, 6) is 0.791. The van der Waals surface area contributed by atoms with Crippen molar-refractivity contribution in [3.63, 3.8) is 0 Å². The van der Waals surface area contributed by atoms with Crippen molar-refractivity contribution < 1.29 is 0 Å². The molecule has 0 spiro atoms. The zero-order chi connectivity index (χ0) is 12.3. The van der Waals surface area contributed by atoms with E-state index in [9.17, 15) is 0 Å². The van der Waals surface area contributed by atoms with Crippen LogP contribution in [0.25, 0.3) is 0 Å². The first-order chi connectivity index (χ1) is 8.20. The Morgan fingerprint density at radius 2 is 2.24 bits per heavy atom. The number of nitrogens with zero attached hydrogens (tertiary/aromatic N) is 1. The summed E-state index contributed by atoms with van der Waals surface area (Å²) in [7, 11) is 0. The number of nitrogens with one attached hydrogen (secondary N) is 1. The Morgan fingerprint density at radius 3 is 2.94 bits per heavy atom. The molecule has 0 amide bonds. The lowest BCUT2D eigenvalue weighted by atomic mass is 9.87. The van der Waals surface area contributed by atoms with Crippen molar-refractivity contribution in [2.75, 3.05) is 5.32 Å². The molecule has 1 aliphatic carbocycles. The number of rotatable bonds is 2. The Morgan fingerprint density at radius 1 is 1.41 bits per heavy atom. The van der Waals surface area contributed by atoms with Crippen LogP contribution in [-0.2, 0) is 0 Å². The molecule has 0 aromatic heterocycles. The highest BCUT2D eigenvalue weighted by Crippen LogP contribution is 2.29. The fourth-order valence-electron chi connectivity index (χ4n) is 2.54. The Balaban J connectivity index is 2.13. The molecule has 0 radical (unpaired) electrons. The third kappa shape index (κ3) is 3.01. The maximum atomic E-state index is 9.16. The molecule has 1 aromatic carbocycles. The van der Waals surface area contributed by atoms with Gasteiger partial charge in [0, 0.05) is 10.5 Å². The van der Waals surface area contributed by atoms with E-state index >= 15 is 0 Å². The first-order valence-corrected chi connectivity index (χ1v) is 6.95. The number of hydrogen-bond donors (Lipinski definition) is 1.